The average molecular weight is 390 g/mol. The Bertz CT molecular complexity index is 1260. The van der Waals surface area contributed by atoms with Crippen LogP contribution >= 0.6 is 0 Å². The van der Waals surface area contributed by atoms with E-state index >= 15 is 0 Å². The minimum Gasteiger partial charge on any atom is -0.460 e. The lowest BCUT2D eigenvalue weighted by molar-refractivity contribution is 0.282. The fourth-order valence-electron chi connectivity index (χ4n) is 3.95. The van der Waals surface area contributed by atoms with Crippen molar-refractivity contribution < 1.29 is 9.52 Å². The normalized spacial score (nSPS) is 11.1. The molecule has 5 aromatic rings. The molecule has 0 radical (unpaired) electrons. The van der Waals surface area contributed by atoms with Gasteiger partial charge < -0.3 is 9.52 Å². The number of hydrogen-bond acceptors (Lipinski definition) is 2. The minimum absolute atomic E-state index is 0.0664. The summed E-state index contributed by atoms with van der Waals surface area (Å²) in [5.74, 6) is 0.988. The zero-order chi connectivity index (χ0) is 20.3. The Kier molecular flexibility index (Phi) is 4.92. The van der Waals surface area contributed by atoms with E-state index in [0.29, 0.717) is 0 Å². The van der Waals surface area contributed by atoms with E-state index in [1.54, 1.807) is 0 Å². The van der Waals surface area contributed by atoms with Crippen LogP contribution in [0.5, 0.6) is 0 Å². The van der Waals surface area contributed by atoms with Gasteiger partial charge in [-0.05, 0) is 33.9 Å². The highest BCUT2D eigenvalue weighted by atomic mass is 16.3. The second kappa shape index (κ2) is 8.02. The molecule has 30 heavy (non-hydrogen) atoms. The quantitative estimate of drug-likeness (QED) is 0.356. The zero-order valence-electron chi connectivity index (χ0n) is 16.6. The molecule has 0 spiro atoms. The Hall–Kier alpha value is -3.62. The highest BCUT2D eigenvalue weighted by Crippen LogP contribution is 2.37. The van der Waals surface area contributed by atoms with Crippen LogP contribution in [0.15, 0.2) is 108 Å². The molecule has 0 saturated carbocycles. The molecule has 0 bridgehead atoms. The maximum Gasteiger partial charge on any atom is 0.134 e. The topological polar surface area (TPSA) is 33.4 Å². The van der Waals surface area contributed by atoms with Crippen molar-refractivity contribution in [2.24, 2.45) is 0 Å². The first kappa shape index (κ1) is 18.4. The molecule has 5 rings (SSSR count). The third-order valence-electron chi connectivity index (χ3n) is 5.52. The lowest BCUT2D eigenvalue weighted by Crippen LogP contribution is -1.89. The van der Waals surface area contributed by atoms with Crippen molar-refractivity contribution in [2.75, 3.05) is 0 Å². The van der Waals surface area contributed by atoms with E-state index < -0.39 is 0 Å². The molecule has 146 valence electrons. The Balaban J connectivity index is 1.55. The predicted octanol–water partition coefficient (Wildman–Crippen LogP) is 6.85. The second-order valence-corrected chi connectivity index (χ2v) is 7.49. The fourth-order valence-corrected chi connectivity index (χ4v) is 3.95. The Morgan fingerprint density at radius 1 is 0.567 bits per heavy atom. The molecule has 1 aromatic heterocycles. The molecular weight excluding hydrogens is 368 g/mol. The summed E-state index contributed by atoms with van der Waals surface area (Å²) >= 11 is 0. The summed E-state index contributed by atoms with van der Waals surface area (Å²) in [4.78, 5) is 0. The third-order valence-corrected chi connectivity index (χ3v) is 5.52. The van der Waals surface area contributed by atoms with Gasteiger partial charge in [0.05, 0.1) is 6.61 Å². The number of para-hydroxylation sites is 1. The lowest BCUT2D eigenvalue weighted by Gasteiger charge is -2.07. The van der Waals surface area contributed by atoms with E-state index in [2.05, 4.69) is 72.8 Å². The summed E-state index contributed by atoms with van der Waals surface area (Å²) in [5.41, 5.74) is 7.69. The summed E-state index contributed by atoms with van der Waals surface area (Å²) in [6, 6.07) is 35.3. The number of aliphatic hydroxyl groups excluding tert-OH is 1. The van der Waals surface area contributed by atoms with Gasteiger partial charge in [-0.3, -0.25) is 0 Å². The SMILES string of the molecule is OCc1ccc(-c2ccc(-c3c(Cc4ccccc4)oc4ccccc34)cc2)cc1. The van der Waals surface area contributed by atoms with Gasteiger partial charge in [-0.15, -0.1) is 0 Å². The summed E-state index contributed by atoms with van der Waals surface area (Å²) in [6.07, 6.45) is 0.759. The van der Waals surface area contributed by atoms with Gasteiger partial charge in [-0.25, -0.2) is 0 Å². The van der Waals surface area contributed by atoms with Crippen molar-refractivity contribution in [2.45, 2.75) is 13.0 Å². The van der Waals surface area contributed by atoms with Gasteiger partial charge >= 0.3 is 0 Å². The molecule has 1 N–H and O–H groups in total. The van der Waals surface area contributed by atoms with Crippen molar-refractivity contribution in [3.05, 3.63) is 120 Å². The summed E-state index contributed by atoms with van der Waals surface area (Å²) in [6.45, 7) is 0.0664. The lowest BCUT2D eigenvalue weighted by atomic mass is 9.96. The molecule has 0 aliphatic heterocycles. The number of furan rings is 1. The summed E-state index contributed by atoms with van der Waals surface area (Å²) in [5, 5.41) is 10.4. The molecule has 0 unspecified atom stereocenters. The van der Waals surface area contributed by atoms with Gasteiger partial charge in [-0.2, -0.15) is 0 Å². The molecular formula is C28H22O2. The monoisotopic (exact) mass is 390 g/mol. The first-order chi connectivity index (χ1) is 14.8. The number of fused-ring (bicyclic) bond motifs is 1. The number of rotatable bonds is 5. The van der Waals surface area contributed by atoms with E-state index in [9.17, 15) is 5.11 Å². The van der Waals surface area contributed by atoms with E-state index in [1.807, 2.05) is 30.3 Å². The standard InChI is InChI=1S/C28H22O2/c29-19-21-10-12-22(13-11-21)23-14-16-24(17-15-23)28-25-8-4-5-9-26(25)30-27(28)18-20-6-2-1-3-7-20/h1-17,29H,18-19H2. The number of hydrogen-bond donors (Lipinski definition) is 1. The van der Waals surface area contributed by atoms with Crippen LogP contribution < -0.4 is 0 Å². The summed E-state index contributed by atoms with van der Waals surface area (Å²) in [7, 11) is 0. The van der Waals surface area contributed by atoms with E-state index in [0.717, 1.165) is 51.0 Å². The van der Waals surface area contributed by atoms with Crippen LogP contribution in [0.3, 0.4) is 0 Å². The van der Waals surface area contributed by atoms with E-state index in [1.165, 1.54) is 5.56 Å². The minimum atomic E-state index is 0.0664. The van der Waals surface area contributed by atoms with Gasteiger partial charge in [-0.1, -0.05) is 97.1 Å². The first-order valence-corrected chi connectivity index (χ1v) is 10.2. The van der Waals surface area contributed by atoms with Crippen LogP contribution in [0.2, 0.25) is 0 Å². The Morgan fingerprint density at radius 3 is 1.87 bits per heavy atom. The van der Waals surface area contributed by atoms with Gasteiger partial charge in [0.15, 0.2) is 0 Å². The molecule has 0 aliphatic carbocycles. The highest BCUT2D eigenvalue weighted by molar-refractivity contribution is 5.96. The highest BCUT2D eigenvalue weighted by Gasteiger charge is 2.16. The van der Waals surface area contributed by atoms with Crippen molar-refractivity contribution in [3.8, 4) is 22.3 Å². The van der Waals surface area contributed by atoms with Crippen molar-refractivity contribution in [3.63, 3.8) is 0 Å². The van der Waals surface area contributed by atoms with Crippen molar-refractivity contribution >= 4 is 11.0 Å². The molecule has 0 amide bonds. The largest absolute Gasteiger partial charge is 0.460 e. The molecule has 2 heteroatoms. The maximum absolute atomic E-state index is 9.25. The fraction of sp³-hybridized carbons (Fsp3) is 0.0714. The maximum atomic E-state index is 9.25. The molecule has 4 aromatic carbocycles. The van der Waals surface area contributed by atoms with Crippen LogP contribution in [0, 0.1) is 0 Å². The van der Waals surface area contributed by atoms with Gasteiger partial charge in [0, 0.05) is 17.4 Å². The predicted molar refractivity (Wildman–Crippen MR) is 122 cm³/mol. The van der Waals surface area contributed by atoms with Crippen molar-refractivity contribution in [1.29, 1.82) is 0 Å². The van der Waals surface area contributed by atoms with Crippen LogP contribution in [-0.4, -0.2) is 5.11 Å². The zero-order valence-corrected chi connectivity index (χ0v) is 16.6. The second-order valence-electron chi connectivity index (χ2n) is 7.49. The van der Waals surface area contributed by atoms with Crippen LogP contribution in [0.25, 0.3) is 33.2 Å². The van der Waals surface area contributed by atoms with Crippen molar-refractivity contribution in [1.82, 2.24) is 0 Å². The van der Waals surface area contributed by atoms with E-state index in [-0.39, 0.29) is 6.61 Å². The van der Waals surface area contributed by atoms with Crippen LogP contribution in [-0.2, 0) is 13.0 Å². The Morgan fingerprint density at radius 2 is 1.17 bits per heavy atom. The number of aliphatic hydroxyl groups is 1. The van der Waals surface area contributed by atoms with Crippen LogP contribution in [0.4, 0.5) is 0 Å². The number of benzene rings is 4. The smallest absolute Gasteiger partial charge is 0.134 e. The molecule has 0 atom stereocenters. The molecule has 0 aliphatic rings. The first-order valence-electron chi connectivity index (χ1n) is 10.2. The molecule has 0 saturated heterocycles. The molecule has 2 nitrogen and oxygen atoms in total. The van der Waals surface area contributed by atoms with Gasteiger partial charge in [0.25, 0.3) is 0 Å². The summed E-state index contributed by atoms with van der Waals surface area (Å²) < 4.78 is 6.27. The van der Waals surface area contributed by atoms with Crippen LogP contribution in [0.1, 0.15) is 16.9 Å². The van der Waals surface area contributed by atoms with E-state index in [4.69, 9.17) is 4.42 Å². The molecule has 0 fully saturated rings. The average Bonchev–Trinajstić information content (AvgIpc) is 3.17. The Labute approximate surface area is 176 Å². The van der Waals surface area contributed by atoms with Gasteiger partial charge in [0.1, 0.15) is 11.3 Å². The third kappa shape index (κ3) is 3.54. The van der Waals surface area contributed by atoms with Gasteiger partial charge in [0.2, 0.25) is 0 Å². The molecule has 1 heterocycles.